The lowest BCUT2D eigenvalue weighted by Crippen LogP contribution is -1.82. The number of hydrogen-bond acceptors (Lipinski definition) is 5. The standard InChI is InChI=1S/C14H11NO4/c1-7-4-8(16)2-3-10(7)14-15-13-11(18)5-9(17)6-12(13)19-14/h2-6,16-18H,1H3. The summed E-state index contributed by atoms with van der Waals surface area (Å²) in [6.45, 7) is 1.82. The molecule has 0 saturated heterocycles. The summed E-state index contributed by atoms with van der Waals surface area (Å²) < 4.78 is 5.52. The van der Waals surface area contributed by atoms with Crippen LogP contribution >= 0.6 is 0 Å². The molecule has 96 valence electrons. The summed E-state index contributed by atoms with van der Waals surface area (Å²) in [5, 5.41) is 28.5. The number of benzene rings is 2. The van der Waals surface area contributed by atoms with Crippen LogP contribution in [-0.4, -0.2) is 20.3 Å². The van der Waals surface area contributed by atoms with Gasteiger partial charge in [-0.25, -0.2) is 4.98 Å². The van der Waals surface area contributed by atoms with Crippen molar-refractivity contribution in [2.24, 2.45) is 0 Å². The van der Waals surface area contributed by atoms with E-state index in [1.165, 1.54) is 18.2 Å². The fourth-order valence-electron chi connectivity index (χ4n) is 2.00. The number of rotatable bonds is 1. The Morgan fingerprint density at radius 3 is 2.53 bits per heavy atom. The lowest BCUT2D eigenvalue weighted by atomic mass is 10.1. The van der Waals surface area contributed by atoms with Gasteiger partial charge in [0.25, 0.3) is 0 Å². The molecule has 2 aromatic carbocycles. The monoisotopic (exact) mass is 257 g/mol. The van der Waals surface area contributed by atoms with Gasteiger partial charge < -0.3 is 19.7 Å². The molecular weight excluding hydrogens is 246 g/mol. The Balaban J connectivity index is 2.23. The van der Waals surface area contributed by atoms with Crippen molar-refractivity contribution in [2.75, 3.05) is 0 Å². The SMILES string of the molecule is Cc1cc(O)ccc1-c1nc2c(O)cc(O)cc2o1. The van der Waals surface area contributed by atoms with Gasteiger partial charge in [-0.1, -0.05) is 0 Å². The molecule has 19 heavy (non-hydrogen) atoms. The lowest BCUT2D eigenvalue weighted by molar-refractivity contribution is 0.453. The fourth-order valence-corrected chi connectivity index (χ4v) is 2.00. The van der Waals surface area contributed by atoms with E-state index in [1.54, 1.807) is 12.1 Å². The van der Waals surface area contributed by atoms with Crippen LogP contribution in [0.4, 0.5) is 0 Å². The summed E-state index contributed by atoms with van der Waals surface area (Å²) in [6, 6.07) is 7.42. The third kappa shape index (κ3) is 1.85. The quantitative estimate of drug-likeness (QED) is 0.624. The van der Waals surface area contributed by atoms with Crippen LogP contribution in [0.15, 0.2) is 34.7 Å². The number of fused-ring (bicyclic) bond motifs is 1. The average Bonchev–Trinajstić information content (AvgIpc) is 2.72. The first-order chi connectivity index (χ1) is 9.04. The van der Waals surface area contributed by atoms with Crippen molar-refractivity contribution in [1.29, 1.82) is 0 Å². The van der Waals surface area contributed by atoms with Crippen molar-refractivity contribution >= 4 is 11.1 Å². The fraction of sp³-hybridized carbons (Fsp3) is 0.0714. The molecule has 3 aromatic rings. The molecule has 1 aromatic heterocycles. The summed E-state index contributed by atoms with van der Waals surface area (Å²) >= 11 is 0. The second-order valence-electron chi connectivity index (χ2n) is 4.33. The van der Waals surface area contributed by atoms with E-state index in [0.29, 0.717) is 22.6 Å². The van der Waals surface area contributed by atoms with E-state index in [9.17, 15) is 15.3 Å². The van der Waals surface area contributed by atoms with Crippen LogP contribution in [0.2, 0.25) is 0 Å². The van der Waals surface area contributed by atoms with Crippen LogP contribution in [0.1, 0.15) is 5.56 Å². The van der Waals surface area contributed by atoms with Gasteiger partial charge in [-0.3, -0.25) is 0 Å². The number of phenolic OH excluding ortho intramolecular Hbond substituents is 3. The molecule has 0 unspecified atom stereocenters. The second kappa shape index (κ2) is 3.91. The molecule has 0 spiro atoms. The lowest BCUT2D eigenvalue weighted by Gasteiger charge is -2.01. The molecule has 0 aliphatic carbocycles. The summed E-state index contributed by atoms with van der Waals surface area (Å²) in [7, 11) is 0. The van der Waals surface area contributed by atoms with Gasteiger partial charge in [-0.2, -0.15) is 0 Å². The molecule has 0 aliphatic heterocycles. The van der Waals surface area contributed by atoms with Gasteiger partial charge in [0.05, 0.1) is 0 Å². The number of aromatic nitrogens is 1. The molecule has 0 aliphatic rings. The Bertz CT molecular complexity index is 776. The minimum atomic E-state index is -0.138. The molecule has 0 atom stereocenters. The van der Waals surface area contributed by atoms with Gasteiger partial charge in [0.15, 0.2) is 11.1 Å². The van der Waals surface area contributed by atoms with Crippen LogP contribution in [0.3, 0.4) is 0 Å². The van der Waals surface area contributed by atoms with Gasteiger partial charge in [0.1, 0.15) is 17.2 Å². The normalized spacial score (nSPS) is 11.0. The minimum absolute atomic E-state index is 0.0878. The molecule has 0 amide bonds. The van der Waals surface area contributed by atoms with Crippen molar-refractivity contribution in [3.8, 4) is 28.7 Å². The molecule has 3 N–H and O–H groups in total. The first kappa shape index (κ1) is 11.4. The molecule has 3 rings (SSSR count). The van der Waals surface area contributed by atoms with E-state index in [2.05, 4.69) is 4.98 Å². The highest BCUT2D eigenvalue weighted by molar-refractivity contribution is 5.83. The second-order valence-corrected chi connectivity index (χ2v) is 4.33. The van der Waals surface area contributed by atoms with Gasteiger partial charge in [-0.05, 0) is 30.7 Å². The highest BCUT2D eigenvalue weighted by atomic mass is 16.4. The van der Waals surface area contributed by atoms with Crippen LogP contribution < -0.4 is 0 Å². The molecule has 5 nitrogen and oxygen atoms in total. The average molecular weight is 257 g/mol. The Hall–Kier alpha value is -2.69. The number of hydrogen-bond donors (Lipinski definition) is 3. The predicted molar refractivity (Wildman–Crippen MR) is 69.2 cm³/mol. The van der Waals surface area contributed by atoms with Gasteiger partial charge in [0.2, 0.25) is 5.89 Å². The summed E-state index contributed by atoms with van der Waals surface area (Å²) in [4.78, 5) is 4.20. The molecule has 0 radical (unpaired) electrons. The highest BCUT2D eigenvalue weighted by Gasteiger charge is 2.14. The third-order valence-electron chi connectivity index (χ3n) is 2.90. The van der Waals surface area contributed by atoms with Crippen molar-refractivity contribution < 1.29 is 19.7 Å². The number of phenols is 3. The maximum absolute atomic E-state index is 9.70. The van der Waals surface area contributed by atoms with Crippen LogP contribution in [-0.2, 0) is 0 Å². The topological polar surface area (TPSA) is 86.7 Å². The zero-order valence-electron chi connectivity index (χ0n) is 10.1. The van der Waals surface area contributed by atoms with E-state index in [-0.39, 0.29) is 17.2 Å². The van der Waals surface area contributed by atoms with E-state index >= 15 is 0 Å². The molecular formula is C14H11NO4. The number of oxazole rings is 1. The summed E-state index contributed by atoms with van der Waals surface area (Å²) in [5.41, 5.74) is 2.11. The number of aryl methyl sites for hydroxylation is 1. The smallest absolute Gasteiger partial charge is 0.227 e. The first-order valence-corrected chi connectivity index (χ1v) is 5.67. The Morgan fingerprint density at radius 2 is 1.79 bits per heavy atom. The van der Waals surface area contributed by atoms with E-state index < -0.39 is 0 Å². The van der Waals surface area contributed by atoms with Gasteiger partial charge in [0, 0.05) is 17.7 Å². The van der Waals surface area contributed by atoms with Crippen LogP contribution in [0, 0.1) is 6.92 Å². The van der Waals surface area contributed by atoms with E-state index in [4.69, 9.17) is 4.42 Å². The molecule has 0 bridgehead atoms. The maximum atomic E-state index is 9.70. The molecule has 5 heteroatoms. The van der Waals surface area contributed by atoms with Gasteiger partial charge >= 0.3 is 0 Å². The van der Waals surface area contributed by atoms with Crippen LogP contribution in [0.5, 0.6) is 17.2 Å². The molecule has 1 heterocycles. The predicted octanol–water partition coefficient (Wildman–Crippen LogP) is 2.92. The maximum Gasteiger partial charge on any atom is 0.227 e. The van der Waals surface area contributed by atoms with Crippen molar-refractivity contribution in [3.63, 3.8) is 0 Å². The largest absolute Gasteiger partial charge is 0.508 e. The Morgan fingerprint density at radius 1 is 1.00 bits per heavy atom. The Kier molecular flexibility index (Phi) is 2.35. The molecule has 0 fully saturated rings. The van der Waals surface area contributed by atoms with E-state index in [1.807, 2.05) is 6.92 Å². The zero-order valence-corrected chi connectivity index (χ0v) is 10.1. The van der Waals surface area contributed by atoms with E-state index in [0.717, 1.165) is 5.56 Å². The third-order valence-corrected chi connectivity index (χ3v) is 2.90. The Labute approximate surface area is 108 Å². The summed E-state index contributed by atoms with van der Waals surface area (Å²) in [5.74, 6) is 0.266. The van der Waals surface area contributed by atoms with Crippen molar-refractivity contribution in [3.05, 3.63) is 35.9 Å². The summed E-state index contributed by atoms with van der Waals surface area (Å²) in [6.07, 6.45) is 0. The molecule has 0 saturated carbocycles. The minimum Gasteiger partial charge on any atom is -0.508 e. The number of nitrogens with zero attached hydrogens (tertiary/aromatic N) is 1. The van der Waals surface area contributed by atoms with Crippen molar-refractivity contribution in [1.82, 2.24) is 4.98 Å². The van der Waals surface area contributed by atoms with Crippen molar-refractivity contribution in [2.45, 2.75) is 6.92 Å². The van der Waals surface area contributed by atoms with Gasteiger partial charge in [-0.15, -0.1) is 0 Å². The number of aromatic hydroxyl groups is 3. The first-order valence-electron chi connectivity index (χ1n) is 5.67. The van der Waals surface area contributed by atoms with Crippen LogP contribution in [0.25, 0.3) is 22.6 Å². The highest BCUT2D eigenvalue weighted by Crippen LogP contribution is 2.34. The zero-order chi connectivity index (χ0) is 13.6.